The molecule has 1 heterocycles. The number of ether oxygens (including phenoxy) is 2. The first-order chi connectivity index (χ1) is 13.8. The van der Waals surface area contributed by atoms with Crippen LogP contribution in [0.4, 0.5) is 5.69 Å². The maximum atomic E-state index is 5.68. The van der Waals surface area contributed by atoms with Crippen LogP contribution in [-0.4, -0.2) is 52.5 Å². The number of hydrogen-bond acceptors (Lipinski definition) is 4. The van der Waals surface area contributed by atoms with Gasteiger partial charge in [-0.15, -0.1) is 24.0 Å². The first-order valence-corrected chi connectivity index (χ1v) is 9.76. The van der Waals surface area contributed by atoms with Crippen molar-refractivity contribution in [1.82, 2.24) is 10.6 Å². The fraction of sp³-hybridized carbons (Fsp3) is 0.409. The van der Waals surface area contributed by atoms with E-state index in [2.05, 4.69) is 56.9 Å². The summed E-state index contributed by atoms with van der Waals surface area (Å²) in [6, 6.07) is 19.0. The van der Waals surface area contributed by atoms with E-state index in [0.717, 1.165) is 36.8 Å². The van der Waals surface area contributed by atoms with Crippen molar-refractivity contribution in [2.24, 2.45) is 4.99 Å². The molecular formula is C22H31IN4O2. The predicted molar refractivity (Wildman–Crippen MR) is 130 cm³/mol. The summed E-state index contributed by atoms with van der Waals surface area (Å²) >= 11 is 0. The van der Waals surface area contributed by atoms with Crippen LogP contribution in [0.1, 0.15) is 12.0 Å². The molecule has 0 aliphatic carbocycles. The van der Waals surface area contributed by atoms with Crippen molar-refractivity contribution in [1.29, 1.82) is 0 Å². The van der Waals surface area contributed by atoms with Gasteiger partial charge in [-0.25, -0.2) is 0 Å². The zero-order valence-corrected chi connectivity index (χ0v) is 19.5. The standard InChI is InChI=1S/C22H30N4O2.HI/c1-23-22(24-16-18-7-6-10-21(15-18)28-14-13-27-2)25-19-11-12-26(17-19)20-8-4-3-5-9-20;/h3-10,15,19H,11-14,16-17H2,1-2H3,(H2,23,24,25);1H. The number of halogens is 1. The molecule has 1 aliphatic rings. The normalized spacial score (nSPS) is 16.3. The van der Waals surface area contributed by atoms with Gasteiger partial charge in [-0.2, -0.15) is 0 Å². The summed E-state index contributed by atoms with van der Waals surface area (Å²) in [5.41, 5.74) is 2.43. The smallest absolute Gasteiger partial charge is 0.191 e. The summed E-state index contributed by atoms with van der Waals surface area (Å²) in [4.78, 5) is 6.78. The Kier molecular flexibility index (Phi) is 10.1. The minimum Gasteiger partial charge on any atom is -0.491 e. The van der Waals surface area contributed by atoms with E-state index in [1.807, 2.05) is 25.2 Å². The molecule has 1 saturated heterocycles. The first kappa shape index (κ1) is 23.3. The number of aliphatic imine (C=N–C) groups is 1. The van der Waals surface area contributed by atoms with Crippen LogP contribution in [0.3, 0.4) is 0 Å². The third-order valence-corrected chi connectivity index (χ3v) is 4.79. The van der Waals surface area contributed by atoms with Crippen molar-refractivity contribution >= 4 is 35.6 Å². The Morgan fingerprint density at radius 2 is 1.97 bits per heavy atom. The molecule has 0 spiro atoms. The summed E-state index contributed by atoms with van der Waals surface area (Å²) in [5, 5.41) is 6.94. The molecule has 0 bridgehead atoms. The highest BCUT2D eigenvalue weighted by atomic mass is 127. The number of nitrogens with zero attached hydrogens (tertiary/aromatic N) is 2. The highest BCUT2D eigenvalue weighted by molar-refractivity contribution is 14.0. The number of methoxy groups -OCH3 is 1. The van der Waals surface area contributed by atoms with Crippen molar-refractivity contribution in [3.8, 4) is 5.75 Å². The summed E-state index contributed by atoms with van der Waals surface area (Å²) in [7, 11) is 3.48. The fourth-order valence-corrected chi connectivity index (χ4v) is 3.31. The Bertz CT molecular complexity index is 757. The van der Waals surface area contributed by atoms with Crippen LogP contribution in [0.5, 0.6) is 5.75 Å². The molecule has 6 nitrogen and oxygen atoms in total. The van der Waals surface area contributed by atoms with Gasteiger partial charge < -0.3 is 25.0 Å². The Labute approximate surface area is 190 Å². The molecule has 1 fully saturated rings. The van der Waals surface area contributed by atoms with Gasteiger partial charge in [0, 0.05) is 45.5 Å². The van der Waals surface area contributed by atoms with Gasteiger partial charge in [0.1, 0.15) is 12.4 Å². The van der Waals surface area contributed by atoms with Gasteiger partial charge in [-0.05, 0) is 36.2 Å². The van der Waals surface area contributed by atoms with E-state index < -0.39 is 0 Å². The number of anilines is 1. The molecule has 0 radical (unpaired) electrons. The molecule has 2 aromatic carbocycles. The summed E-state index contributed by atoms with van der Waals surface area (Å²) < 4.78 is 10.7. The van der Waals surface area contributed by atoms with Crippen LogP contribution in [0, 0.1) is 0 Å². The van der Waals surface area contributed by atoms with Crippen molar-refractivity contribution in [3.05, 3.63) is 60.2 Å². The largest absolute Gasteiger partial charge is 0.491 e. The monoisotopic (exact) mass is 510 g/mol. The molecule has 0 saturated carbocycles. The van der Waals surface area contributed by atoms with Gasteiger partial charge in [-0.3, -0.25) is 4.99 Å². The molecule has 1 atom stereocenters. The van der Waals surface area contributed by atoms with Crippen LogP contribution in [0.2, 0.25) is 0 Å². The maximum Gasteiger partial charge on any atom is 0.191 e. The number of nitrogens with one attached hydrogen (secondary N) is 2. The molecule has 29 heavy (non-hydrogen) atoms. The summed E-state index contributed by atoms with van der Waals surface area (Å²) in [6.07, 6.45) is 1.10. The van der Waals surface area contributed by atoms with Gasteiger partial charge >= 0.3 is 0 Å². The van der Waals surface area contributed by atoms with Crippen molar-refractivity contribution < 1.29 is 9.47 Å². The van der Waals surface area contributed by atoms with E-state index in [1.165, 1.54) is 5.69 Å². The quantitative estimate of drug-likeness (QED) is 0.247. The topological polar surface area (TPSA) is 58.1 Å². The minimum atomic E-state index is 0. The fourth-order valence-electron chi connectivity index (χ4n) is 3.31. The van der Waals surface area contributed by atoms with E-state index in [-0.39, 0.29) is 24.0 Å². The average Bonchev–Trinajstić information content (AvgIpc) is 3.21. The summed E-state index contributed by atoms with van der Waals surface area (Å²) in [6.45, 7) is 3.86. The molecule has 1 unspecified atom stereocenters. The van der Waals surface area contributed by atoms with Gasteiger partial charge in [0.25, 0.3) is 0 Å². The second-order valence-electron chi connectivity index (χ2n) is 6.83. The summed E-state index contributed by atoms with van der Waals surface area (Å²) in [5.74, 6) is 1.68. The molecule has 0 amide bonds. The molecule has 1 aliphatic heterocycles. The Morgan fingerprint density at radius 3 is 2.72 bits per heavy atom. The molecule has 2 aromatic rings. The third kappa shape index (κ3) is 7.40. The molecule has 0 aromatic heterocycles. The maximum absolute atomic E-state index is 5.68. The molecular weight excluding hydrogens is 479 g/mol. The van der Waals surface area contributed by atoms with Gasteiger partial charge in [0.15, 0.2) is 5.96 Å². The van der Waals surface area contributed by atoms with Gasteiger partial charge in [0.2, 0.25) is 0 Å². The second kappa shape index (κ2) is 12.5. The molecule has 158 valence electrons. The van der Waals surface area contributed by atoms with Crippen molar-refractivity contribution in [3.63, 3.8) is 0 Å². The Balaban J connectivity index is 0.00000300. The van der Waals surface area contributed by atoms with Gasteiger partial charge in [-0.1, -0.05) is 30.3 Å². The lowest BCUT2D eigenvalue weighted by molar-refractivity contribution is 0.146. The molecule has 7 heteroatoms. The van der Waals surface area contributed by atoms with Crippen molar-refractivity contribution in [2.75, 3.05) is 45.4 Å². The van der Waals surface area contributed by atoms with Crippen molar-refractivity contribution in [2.45, 2.75) is 19.0 Å². The third-order valence-electron chi connectivity index (χ3n) is 4.79. The Hall–Kier alpha value is -2.00. The number of hydrogen-bond donors (Lipinski definition) is 2. The van der Waals surface area contributed by atoms with Crippen LogP contribution >= 0.6 is 24.0 Å². The SMILES string of the molecule is CN=C(NCc1cccc(OCCOC)c1)NC1CCN(c2ccccc2)C1.I. The van der Waals surface area contributed by atoms with E-state index >= 15 is 0 Å². The minimum absolute atomic E-state index is 0. The van der Waals surface area contributed by atoms with Crippen LogP contribution in [-0.2, 0) is 11.3 Å². The lowest BCUT2D eigenvalue weighted by Crippen LogP contribution is -2.44. The van der Waals surface area contributed by atoms with E-state index in [1.54, 1.807) is 7.11 Å². The average molecular weight is 510 g/mol. The molecule has 2 N–H and O–H groups in total. The van der Waals surface area contributed by atoms with Crippen LogP contribution < -0.4 is 20.3 Å². The predicted octanol–water partition coefficient (Wildman–Crippen LogP) is 3.27. The van der Waals surface area contributed by atoms with Crippen LogP contribution in [0.15, 0.2) is 59.6 Å². The lowest BCUT2D eigenvalue weighted by Gasteiger charge is -2.20. The highest BCUT2D eigenvalue weighted by Gasteiger charge is 2.23. The highest BCUT2D eigenvalue weighted by Crippen LogP contribution is 2.19. The zero-order chi connectivity index (χ0) is 19.6. The van der Waals surface area contributed by atoms with E-state index in [4.69, 9.17) is 9.47 Å². The lowest BCUT2D eigenvalue weighted by atomic mass is 10.2. The van der Waals surface area contributed by atoms with E-state index in [0.29, 0.717) is 25.8 Å². The first-order valence-electron chi connectivity index (χ1n) is 9.76. The number of rotatable bonds is 8. The number of benzene rings is 2. The molecule has 3 rings (SSSR count). The Morgan fingerprint density at radius 1 is 1.14 bits per heavy atom. The number of guanidine groups is 1. The van der Waals surface area contributed by atoms with E-state index in [9.17, 15) is 0 Å². The van der Waals surface area contributed by atoms with Crippen LogP contribution in [0.25, 0.3) is 0 Å². The zero-order valence-electron chi connectivity index (χ0n) is 17.1. The van der Waals surface area contributed by atoms with Gasteiger partial charge in [0.05, 0.1) is 6.61 Å². The second-order valence-corrected chi connectivity index (χ2v) is 6.83. The number of para-hydroxylation sites is 1.